The molecule has 1 saturated carbocycles. The SMILES string of the molecule is O=C(NC1CCC(C(=O)O)CC1)c1cn(-c2ccccc2)nc1-c1cccnc1. The molecule has 1 fully saturated rings. The molecule has 2 aromatic heterocycles. The Labute approximate surface area is 168 Å². The Hall–Kier alpha value is -3.48. The molecule has 0 radical (unpaired) electrons. The molecule has 0 atom stereocenters. The summed E-state index contributed by atoms with van der Waals surface area (Å²) in [6.45, 7) is 0. The van der Waals surface area contributed by atoms with Crippen molar-refractivity contribution in [3.63, 3.8) is 0 Å². The number of amides is 1. The van der Waals surface area contributed by atoms with Gasteiger partial charge in [0.1, 0.15) is 5.69 Å². The molecule has 7 heteroatoms. The van der Waals surface area contributed by atoms with E-state index in [9.17, 15) is 9.59 Å². The van der Waals surface area contributed by atoms with Gasteiger partial charge in [0.05, 0.1) is 17.2 Å². The minimum Gasteiger partial charge on any atom is -0.481 e. The van der Waals surface area contributed by atoms with Gasteiger partial charge >= 0.3 is 5.97 Å². The lowest BCUT2D eigenvalue weighted by Gasteiger charge is -2.26. The Balaban J connectivity index is 1.59. The number of nitrogens with one attached hydrogen (secondary N) is 1. The Bertz CT molecular complexity index is 993. The van der Waals surface area contributed by atoms with Gasteiger partial charge in [0.2, 0.25) is 0 Å². The van der Waals surface area contributed by atoms with Crippen LogP contribution in [0.25, 0.3) is 16.9 Å². The second-order valence-corrected chi connectivity index (χ2v) is 7.27. The van der Waals surface area contributed by atoms with Gasteiger partial charge in [-0.05, 0) is 49.9 Å². The van der Waals surface area contributed by atoms with Crippen LogP contribution >= 0.6 is 0 Å². The number of carbonyl (C=O) groups is 2. The van der Waals surface area contributed by atoms with Gasteiger partial charge in [0.15, 0.2) is 0 Å². The van der Waals surface area contributed by atoms with Crippen LogP contribution in [-0.2, 0) is 4.79 Å². The van der Waals surface area contributed by atoms with Crippen LogP contribution in [0, 0.1) is 5.92 Å². The summed E-state index contributed by atoms with van der Waals surface area (Å²) in [5, 5.41) is 16.9. The summed E-state index contributed by atoms with van der Waals surface area (Å²) in [7, 11) is 0. The number of hydrogen-bond donors (Lipinski definition) is 2. The normalized spacial score (nSPS) is 18.9. The maximum absolute atomic E-state index is 13.1. The van der Waals surface area contributed by atoms with Crippen LogP contribution in [0.2, 0.25) is 0 Å². The molecule has 4 rings (SSSR count). The van der Waals surface area contributed by atoms with E-state index < -0.39 is 5.97 Å². The van der Waals surface area contributed by atoms with E-state index in [-0.39, 0.29) is 17.9 Å². The fraction of sp³-hybridized carbons (Fsp3) is 0.273. The maximum atomic E-state index is 13.1. The summed E-state index contributed by atoms with van der Waals surface area (Å²) in [6, 6.07) is 13.3. The highest BCUT2D eigenvalue weighted by Crippen LogP contribution is 2.26. The Morgan fingerprint density at radius 2 is 1.79 bits per heavy atom. The van der Waals surface area contributed by atoms with Crippen LogP contribution in [0.15, 0.2) is 61.1 Å². The molecule has 1 aliphatic rings. The zero-order valence-corrected chi connectivity index (χ0v) is 15.9. The van der Waals surface area contributed by atoms with E-state index in [1.165, 1.54) is 0 Å². The van der Waals surface area contributed by atoms with Crippen molar-refractivity contribution in [3.8, 4) is 16.9 Å². The van der Waals surface area contributed by atoms with E-state index in [0.29, 0.717) is 36.9 Å². The summed E-state index contributed by atoms with van der Waals surface area (Å²) in [6.07, 6.45) is 7.59. The van der Waals surface area contributed by atoms with Crippen molar-refractivity contribution in [2.45, 2.75) is 31.7 Å². The summed E-state index contributed by atoms with van der Waals surface area (Å²) in [4.78, 5) is 28.4. The van der Waals surface area contributed by atoms with Crippen LogP contribution in [0.4, 0.5) is 0 Å². The van der Waals surface area contributed by atoms with Crippen LogP contribution in [0.3, 0.4) is 0 Å². The molecule has 0 bridgehead atoms. The van der Waals surface area contributed by atoms with E-state index in [2.05, 4.69) is 15.4 Å². The monoisotopic (exact) mass is 390 g/mol. The van der Waals surface area contributed by atoms with Crippen molar-refractivity contribution in [1.82, 2.24) is 20.1 Å². The van der Waals surface area contributed by atoms with Gasteiger partial charge in [-0.25, -0.2) is 4.68 Å². The molecule has 0 aliphatic heterocycles. The number of rotatable bonds is 5. The highest BCUT2D eigenvalue weighted by Gasteiger charge is 2.28. The summed E-state index contributed by atoms with van der Waals surface area (Å²) < 4.78 is 1.69. The van der Waals surface area contributed by atoms with E-state index >= 15 is 0 Å². The molecule has 7 nitrogen and oxygen atoms in total. The fourth-order valence-corrected chi connectivity index (χ4v) is 3.72. The Morgan fingerprint density at radius 1 is 1.03 bits per heavy atom. The van der Waals surface area contributed by atoms with E-state index in [1.54, 1.807) is 23.3 Å². The van der Waals surface area contributed by atoms with Crippen LogP contribution < -0.4 is 5.32 Å². The Kier molecular flexibility index (Phi) is 5.37. The van der Waals surface area contributed by atoms with Gasteiger partial charge in [-0.1, -0.05) is 18.2 Å². The van der Waals surface area contributed by atoms with Gasteiger partial charge in [-0.15, -0.1) is 0 Å². The van der Waals surface area contributed by atoms with Gasteiger partial charge in [0, 0.05) is 30.2 Å². The number of aliphatic carboxylic acids is 1. The van der Waals surface area contributed by atoms with Gasteiger partial charge in [-0.2, -0.15) is 5.10 Å². The third kappa shape index (κ3) is 4.18. The zero-order valence-electron chi connectivity index (χ0n) is 15.9. The molecule has 1 amide bonds. The number of hydrogen-bond acceptors (Lipinski definition) is 4. The fourth-order valence-electron chi connectivity index (χ4n) is 3.72. The molecule has 2 N–H and O–H groups in total. The molecule has 0 unspecified atom stereocenters. The lowest BCUT2D eigenvalue weighted by atomic mass is 9.86. The first-order valence-corrected chi connectivity index (χ1v) is 9.71. The van der Waals surface area contributed by atoms with Gasteiger partial charge < -0.3 is 10.4 Å². The summed E-state index contributed by atoms with van der Waals surface area (Å²) in [5.74, 6) is -1.27. The van der Waals surface area contributed by atoms with Crippen LogP contribution in [0.5, 0.6) is 0 Å². The third-order valence-electron chi connectivity index (χ3n) is 5.33. The number of aromatic nitrogens is 3. The van der Waals surface area contributed by atoms with Crippen molar-refractivity contribution in [2.75, 3.05) is 0 Å². The number of carboxylic acids is 1. The standard InChI is InChI=1S/C22H22N4O3/c27-21(24-17-10-8-15(9-11-17)22(28)29)19-14-26(18-6-2-1-3-7-18)25-20(19)16-5-4-12-23-13-16/h1-7,12-15,17H,8-11H2,(H,24,27)(H,28,29). The van der Waals surface area contributed by atoms with Crippen molar-refractivity contribution in [3.05, 3.63) is 66.6 Å². The quantitative estimate of drug-likeness (QED) is 0.697. The van der Waals surface area contributed by atoms with Crippen molar-refractivity contribution < 1.29 is 14.7 Å². The predicted octanol–water partition coefficient (Wildman–Crippen LogP) is 3.31. The van der Waals surface area contributed by atoms with E-state index in [0.717, 1.165) is 11.3 Å². The number of nitrogens with zero attached hydrogens (tertiary/aromatic N) is 3. The van der Waals surface area contributed by atoms with Crippen molar-refractivity contribution in [2.24, 2.45) is 5.92 Å². The maximum Gasteiger partial charge on any atom is 0.306 e. The van der Waals surface area contributed by atoms with Crippen LogP contribution in [-0.4, -0.2) is 37.8 Å². The lowest BCUT2D eigenvalue weighted by molar-refractivity contribution is -0.142. The number of carbonyl (C=O) groups excluding carboxylic acids is 1. The minimum absolute atomic E-state index is 0.0278. The van der Waals surface area contributed by atoms with Crippen molar-refractivity contribution in [1.29, 1.82) is 0 Å². The highest BCUT2D eigenvalue weighted by atomic mass is 16.4. The molecule has 1 aromatic carbocycles. The molecular formula is C22H22N4O3. The average molecular weight is 390 g/mol. The molecular weight excluding hydrogens is 368 g/mol. The van der Waals surface area contributed by atoms with Gasteiger partial charge in [-0.3, -0.25) is 14.6 Å². The Morgan fingerprint density at radius 3 is 2.45 bits per heavy atom. The largest absolute Gasteiger partial charge is 0.481 e. The lowest BCUT2D eigenvalue weighted by Crippen LogP contribution is -2.38. The third-order valence-corrected chi connectivity index (χ3v) is 5.33. The van der Waals surface area contributed by atoms with Gasteiger partial charge in [0.25, 0.3) is 5.91 Å². The molecule has 3 aromatic rings. The number of pyridine rings is 1. The molecule has 148 valence electrons. The first-order chi connectivity index (χ1) is 14.1. The topological polar surface area (TPSA) is 97.1 Å². The highest BCUT2D eigenvalue weighted by molar-refractivity contribution is 6.00. The number of benzene rings is 1. The van der Waals surface area contributed by atoms with E-state index in [1.807, 2.05) is 42.5 Å². The molecule has 29 heavy (non-hydrogen) atoms. The predicted molar refractivity (Wildman–Crippen MR) is 108 cm³/mol. The summed E-state index contributed by atoms with van der Waals surface area (Å²) >= 11 is 0. The molecule has 0 saturated heterocycles. The molecule has 1 aliphatic carbocycles. The summed E-state index contributed by atoms with van der Waals surface area (Å²) in [5.41, 5.74) is 2.67. The van der Waals surface area contributed by atoms with Crippen molar-refractivity contribution >= 4 is 11.9 Å². The smallest absolute Gasteiger partial charge is 0.306 e. The second-order valence-electron chi connectivity index (χ2n) is 7.27. The van der Waals surface area contributed by atoms with Crippen LogP contribution in [0.1, 0.15) is 36.0 Å². The first kappa shape index (κ1) is 18.9. The van der Waals surface area contributed by atoms with E-state index in [4.69, 9.17) is 5.11 Å². The first-order valence-electron chi connectivity index (χ1n) is 9.71. The zero-order chi connectivity index (χ0) is 20.2. The number of carboxylic acid groups (broad SMARTS) is 1. The average Bonchev–Trinajstić information content (AvgIpc) is 3.21. The molecule has 0 spiro atoms. The minimum atomic E-state index is -0.752. The molecule has 2 heterocycles. The number of para-hydroxylation sites is 1. The second kappa shape index (κ2) is 8.26.